The Morgan fingerprint density at radius 3 is 2.74 bits per heavy atom. The highest BCUT2D eigenvalue weighted by molar-refractivity contribution is 7.13. The molecule has 4 heterocycles. The van der Waals surface area contributed by atoms with Crippen LogP contribution in [0.1, 0.15) is 17.1 Å². The van der Waals surface area contributed by atoms with E-state index in [0.717, 1.165) is 63.6 Å². The maximum absolute atomic E-state index is 12.5. The lowest BCUT2D eigenvalue weighted by Crippen LogP contribution is -2.41. The molecule has 1 aliphatic rings. The quantitative estimate of drug-likeness (QED) is 0.442. The molecule has 4 aromatic rings. The number of thiazole rings is 1. The van der Waals surface area contributed by atoms with Crippen molar-refractivity contribution in [2.45, 2.75) is 20.8 Å². The number of ether oxygens (including phenoxy) is 1. The van der Waals surface area contributed by atoms with Crippen molar-refractivity contribution in [3.8, 4) is 27.6 Å². The minimum atomic E-state index is -0.0191. The zero-order valence-corrected chi connectivity index (χ0v) is 20.3. The number of amides is 1. The van der Waals surface area contributed by atoms with E-state index in [1.807, 2.05) is 37.3 Å². The van der Waals surface area contributed by atoms with Crippen LogP contribution >= 0.6 is 11.3 Å². The molecule has 9 heteroatoms. The third-order valence-electron chi connectivity index (χ3n) is 5.92. The summed E-state index contributed by atoms with van der Waals surface area (Å²) in [5, 5.41) is 10.2. The van der Waals surface area contributed by atoms with Gasteiger partial charge in [0.1, 0.15) is 10.8 Å². The molecule has 1 fully saturated rings. The van der Waals surface area contributed by atoms with Crippen LogP contribution in [0.4, 0.5) is 5.69 Å². The van der Waals surface area contributed by atoms with Crippen molar-refractivity contribution in [2.24, 2.45) is 0 Å². The summed E-state index contributed by atoms with van der Waals surface area (Å²) < 4.78 is 12.7. The molecule has 0 saturated carbocycles. The fourth-order valence-electron chi connectivity index (χ4n) is 4.26. The van der Waals surface area contributed by atoms with Gasteiger partial charge in [-0.15, -0.1) is 11.3 Å². The van der Waals surface area contributed by atoms with Gasteiger partial charge in [-0.1, -0.05) is 17.3 Å². The average Bonchev–Trinajstić information content (AvgIpc) is 3.54. The first-order chi connectivity index (χ1) is 16.5. The summed E-state index contributed by atoms with van der Waals surface area (Å²) >= 11 is 1.59. The predicted octanol–water partition coefficient (Wildman–Crippen LogP) is 4.45. The van der Waals surface area contributed by atoms with Gasteiger partial charge in [-0.25, -0.2) is 4.98 Å². The number of aromatic nitrogens is 3. The second-order valence-corrected chi connectivity index (χ2v) is 9.33. The Kier molecular flexibility index (Phi) is 6.32. The first kappa shape index (κ1) is 22.5. The number of nitrogens with zero attached hydrogens (tertiary/aromatic N) is 4. The molecule has 8 nitrogen and oxygen atoms in total. The lowest BCUT2D eigenvalue weighted by molar-refractivity contribution is -0.118. The Morgan fingerprint density at radius 2 is 1.97 bits per heavy atom. The van der Waals surface area contributed by atoms with Gasteiger partial charge < -0.3 is 14.6 Å². The average molecular weight is 478 g/mol. The van der Waals surface area contributed by atoms with E-state index in [4.69, 9.17) is 14.2 Å². The number of hydrogen-bond acceptors (Lipinski definition) is 7. The third-order valence-corrected chi connectivity index (χ3v) is 6.81. The number of carbonyl (C=O) groups is 1. The second kappa shape index (κ2) is 9.54. The first-order valence-corrected chi connectivity index (χ1v) is 12.1. The molecule has 0 unspecified atom stereocenters. The van der Waals surface area contributed by atoms with E-state index in [1.165, 1.54) is 0 Å². The van der Waals surface area contributed by atoms with Gasteiger partial charge in [0.05, 0.1) is 25.5 Å². The van der Waals surface area contributed by atoms with Gasteiger partial charge in [-0.3, -0.25) is 14.3 Å². The van der Waals surface area contributed by atoms with Crippen molar-refractivity contribution < 1.29 is 14.1 Å². The number of benzene rings is 1. The van der Waals surface area contributed by atoms with E-state index in [9.17, 15) is 4.79 Å². The van der Waals surface area contributed by atoms with E-state index in [2.05, 4.69) is 45.2 Å². The SMILES string of the molecule is Cc1cc(-n2c(C)cc(-c3csc(-c4cccc(NC(=O)CN5CCOCC5)c4)n3)c2C)no1. The summed E-state index contributed by atoms with van der Waals surface area (Å²) in [6.45, 7) is 9.30. The van der Waals surface area contributed by atoms with Crippen LogP contribution in [0.15, 0.2) is 46.3 Å². The highest BCUT2D eigenvalue weighted by atomic mass is 32.1. The van der Waals surface area contributed by atoms with E-state index >= 15 is 0 Å². The fraction of sp³-hybridized carbons (Fsp3) is 0.320. The lowest BCUT2D eigenvalue weighted by atomic mass is 10.2. The highest BCUT2D eigenvalue weighted by Crippen LogP contribution is 2.34. The van der Waals surface area contributed by atoms with E-state index in [1.54, 1.807) is 11.3 Å². The van der Waals surface area contributed by atoms with E-state index < -0.39 is 0 Å². The molecule has 34 heavy (non-hydrogen) atoms. The molecule has 1 amide bonds. The van der Waals surface area contributed by atoms with Crippen molar-refractivity contribution >= 4 is 22.9 Å². The summed E-state index contributed by atoms with van der Waals surface area (Å²) in [4.78, 5) is 19.5. The van der Waals surface area contributed by atoms with Gasteiger partial charge >= 0.3 is 0 Å². The van der Waals surface area contributed by atoms with Crippen LogP contribution in [0.2, 0.25) is 0 Å². The Labute approximate surface area is 202 Å². The Bertz CT molecular complexity index is 1320. The Balaban J connectivity index is 1.34. The van der Waals surface area contributed by atoms with Crippen molar-refractivity contribution in [2.75, 3.05) is 38.2 Å². The molecule has 3 aromatic heterocycles. The van der Waals surface area contributed by atoms with Gasteiger partial charge in [0.2, 0.25) is 5.91 Å². The van der Waals surface area contributed by atoms with E-state index in [0.29, 0.717) is 19.8 Å². The van der Waals surface area contributed by atoms with Gasteiger partial charge in [-0.05, 0) is 39.0 Å². The van der Waals surface area contributed by atoms with E-state index in [-0.39, 0.29) is 5.91 Å². The summed E-state index contributed by atoms with van der Waals surface area (Å²) in [5.74, 6) is 1.53. The van der Waals surface area contributed by atoms with Crippen LogP contribution in [0, 0.1) is 20.8 Å². The monoisotopic (exact) mass is 477 g/mol. The highest BCUT2D eigenvalue weighted by Gasteiger charge is 2.18. The molecule has 1 saturated heterocycles. The zero-order valence-electron chi connectivity index (χ0n) is 19.5. The summed E-state index contributed by atoms with van der Waals surface area (Å²) in [6, 6.07) is 11.9. The van der Waals surface area contributed by atoms with Gasteiger partial charge in [-0.2, -0.15) is 0 Å². The van der Waals surface area contributed by atoms with Crippen LogP contribution in [-0.4, -0.2) is 58.4 Å². The van der Waals surface area contributed by atoms with Crippen molar-refractivity contribution in [3.63, 3.8) is 0 Å². The number of carbonyl (C=O) groups excluding carboxylic acids is 1. The molecule has 176 valence electrons. The molecular formula is C25H27N5O3S. The minimum Gasteiger partial charge on any atom is -0.379 e. The van der Waals surface area contributed by atoms with Gasteiger partial charge in [0.25, 0.3) is 0 Å². The summed E-state index contributed by atoms with van der Waals surface area (Å²) in [5.41, 5.74) is 5.86. The Hall–Kier alpha value is -3.27. The largest absolute Gasteiger partial charge is 0.379 e. The molecule has 0 spiro atoms. The standard InChI is InChI=1S/C25H27N5O3S/c1-16-11-21(18(3)30(16)23-12-17(2)33-28-23)22-15-34-25(27-22)19-5-4-6-20(13-19)26-24(31)14-29-7-9-32-10-8-29/h4-6,11-13,15H,7-10,14H2,1-3H3,(H,26,31). The zero-order chi connectivity index (χ0) is 23.7. The molecular weight excluding hydrogens is 450 g/mol. The molecule has 0 bridgehead atoms. The molecule has 0 aliphatic carbocycles. The summed E-state index contributed by atoms with van der Waals surface area (Å²) in [6.07, 6.45) is 0. The normalized spacial score (nSPS) is 14.4. The minimum absolute atomic E-state index is 0.0191. The third kappa shape index (κ3) is 4.68. The van der Waals surface area contributed by atoms with Crippen LogP contribution in [0.25, 0.3) is 27.6 Å². The molecule has 1 aliphatic heterocycles. The maximum Gasteiger partial charge on any atom is 0.238 e. The smallest absolute Gasteiger partial charge is 0.238 e. The molecule has 1 aromatic carbocycles. The van der Waals surface area contributed by atoms with Crippen LogP contribution in [0.3, 0.4) is 0 Å². The second-order valence-electron chi connectivity index (χ2n) is 8.47. The van der Waals surface area contributed by atoms with Crippen molar-refractivity contribution in [1.82, 2.24) is 19.6 Å². The molecule has 0 atom stereocenters. The Morgan fingerprint density at radius 1 is 1.15 bits per heavy atom. The molecule has 0 radical (unpaired) electrons. The number of nitrogens with one attached hydrogen (secondary N) is 1. The molecule has 5 rings (SSSR count). The maximum atomic E-state index is 12.5. The predicted molar refractivity (Wildman–Crippen MR) is 132 cm³/mol. The van der Waals surface area contributed by atoms with Crippen LogP contribution < -0.4 is 5.32 Å². The molecule has 1 N–H and O–H groups in total. The number of hydrogen-bond donors (Lipinski definition) is 1. The fourth-order valence-corrected chi connectivity index (χ4v) is 5.07. The number of morpholine rings is 1. The topological polar surface area (TPSA) is 85.4 Å². The first-order valence-electron chi connectivity index (χ1n) is 11.3. The number of rotatable bonds is 6. The van der Waals surface area contributed by atoms with Gasteiger partial charge in [0, 0.05) is 52.7 Å². The number of aryl methyl sites for hydroxylation is 2. The van der Waals surface area contributed by atoms with Crippen molar-refractivity contribution in [1.29, 1.82) is 0 Å². The lowest BCUT2D eigenvalue weighted by Gasteiger charge is -2.25. The van der Waals surface area contributed by atoms with Crippen LogP contribution in [0.5, 0.6) is 0 Å². The van der Waals surface area contributed by atoms with Gasteiger partial charge in [0.15, 0.2) is 5.82 Å². The summed E-state index contributed by atoms with van der Waals surface area (Å²) in [7, 11) is 0. The van der Waals surface area contributed by atoms with Crippen molar-refractivity contribution in [3.05, 3.63) is 58.9 Å². The number of anilines is 1. The van der Waals surface area contributed by atoms with Crippen LogP contribution in [-0.2, 0) is 9.53 Å².